The van der Waals surface area contributed by atoms with Gasteiger partial charge in [0.25, 0.3) is 11.5 Å². The Bertz CT molecular complexity index is 845. The molecule has 128 valence electrons. The minimum atomic E-state index is -0.957. The molecule has 1 saturated carbocycles. The minimum absolute atomic E-state index is 0.0804. The maximum atomic E-state index is 12.7. The Morgan fingerprint density at radius 1 is 1.29 bits per heavy atom. The van der Waals surface area contributed by atoms with Crippen LogP contribution in [0.3, 0.4) is 0 Å². The second kappa shape index (κ2) is 6.10. The summed E-state index contributed by atoms with van der Waals surface area (Å²) in [5.41, 5.74) is -0.294. The summed E-state index contributed by atoms with van der Waals surface area (Å²) in [4.78, 5) is 41.6. The number of fused-ring (bicyclic) bond motifs is 1. The number of hydrogen-bond acceptors (Lipinski definition) is 4. The van der Waals surface area contributed by atoms with Gasteiger partial charge in [0.05, 0.1) is 0 Å². The zero-order valence-electron chi connectivity index (χ0n) is 13.8. The number of H-pyrrole nitrogens is 1. The molecular formula is C16H21N5O3. The average Bonchev–Trinajstić information content (AvgIpc) is 2.96. The van der Waals surface area contributed by atoms with Crippen molar-refractivity contribution in [2.75, 3.05) is 7.05 Å². The monoisotopic (exact) mass is 331 g/mol. The minimum Gasteiger partial charge on any atom is -0.357 e. The van der Waals surface area contributed by atoms with Crippen LogP contribution in [-0.2, 0) is 4.79 Å². The molecular weight excluding hydrogens is 310 g/mol. The molecule has 2 aromatic heterocycles. The first-order valence-electron chi connectivity index (χ1n) is 8.09. The van der Waals surface area contributed by atoms with E-state index in [2.05, 4.69) is 20.7 Å². The van der Waals surface area contributed by atoms with Gasteiger partial charge in [-0.3, -0.25) is 19.5 Å². The Hall–Kier alpha value is -2.64. The van der Waals surface area contributed by atoms with Crippen molar-refractivity contribution in [2.45, 2.75) is 44.6 Å². The number of rotatable bonds is 3. The lowest BCUT2D eigenvalue weighted by molar-refractivity contribution is -0.128. The summed E-state index contributed by atoms with van der Waals surface area (Å²) in [7, 11) is 1.55. The molecule has 0 aliphatic heterocycles. The topological polar surface area (TPSA) is 108 Å². The number of aromatic amines is 1. The molecule has 0 unspecified atom stereocenters. The quantitative estimate of drug-likeness (QED) is 0.761. The molecule has 3 N–H and O–H groups in total. The lowest BCUT2D eigenvalue weighted by Crippen LogP contribution is -2.59. The third-order valence-corrected chi connectivity index (χ3v) is 4.59. The fraction of sp³-hybridized carbons (Fsp3) is 0.500. The van der Waals surface area contributed by atoms with E-state index in [0.29, 0.717) is 18.5 Å². The van der Waals surface area contributed by atoms with Gasteiger partial charge < -0.3 is 10.6 Å². The van der Waals surface area contributed by atoms with E-state index in [1.165, 1.54) is 10.7 Å². The number of aromatic nitrogens is 3. The van der Waals surface area contributed by atoms with Gasteiger partial charge in [0.2, 0.25) is 5.91 Å². The highest BCUT2D eigenvalue weighted by Gasteiger charge is 2.40. The van der Waals surface area contributed by atoms with Crippen LogP contribution in [-0.4, -0.2) is 39.0 Å². The first-order valence-corrected chi connectivity index (χ1v) is 8.09. The highest BCUT2D eigenvalue weighted by molar-refractivity contribution is 5.99. The highest BCUT2D eigenvalue weighted by Crippen LogP contribution is 2.28. The van der Waals surface area contributed by atoms with Crippen molar-refractivity contribution >= 4 is 17.5 Å². The molecule has 0 atom stereocenters. The van der Waals surface area contributed by atoms with Crippen molar-refractivity contribution in [2.24, 2.45) is 0 Å². The molecule has 8 heteroatoms. The van der Waals surface area contributed by atoms with Crippen LogP contribution < -0.4 is 16.2 Å². The van der Waals surface area contributed by atoms with Crippen LogP contribution in [0.2, 0.25) is 0 Å². The number of nitrogens with zero attached hydrogens (tertiary/aromatic N) is 2. The molecule has 0 spiro atoms. The lowest BCUT2D eigenvalue weighted by atomic mass is 9.80. The number of hydrogen-bond donors (Lipinski definition) is 3. The lowest BCUT2D eigenvalue weighted by Gasteiger charge is -2.36. The molecule has 0 radical (unpaired) electrons. The van der Waals surface area contributed by atoms with Crippen molar-refractivity contribution in [1.82, 2.24) is 25.2 Å². The molecule has 2 heterocycles. The van der Waals surface area contributed by atoms with E-state index < -0.39 is 17.0 Å². The Labute approximate surface area is 138 Å². The van der Waals surface area contributed by atoms with Gasteiger partial charge in [-0.1, -0.05) is 19.3 Å². The number of carbonyl (C=O) groups excluding carboxylic acids is 2. The van der Waals surface area contributed by atoms with E-state index >= 15 is 0 Å². The molecule has 0 saturated heterocycles. The first-order chi connectivity index (χ1) is 11.5. The Morgan fingerprint density at radius 2 is 2.00 bits per heavy atom. The van der Waals surface area contributed by atoms with Crippen LogP contribution in [0, 0.1) is 6.92 Å². The van der Waals surface area contributed by atoms with Crippen LogP contribution >= 0.6 is 0 Å². The van der Waals surface area contributed by atoms with Gasteiger partial charge in [-0.05, 0) is 19.8 Å². The molecule has 0 bridgehead atoms. The van der Waals surface area contributed by atoms with Crippen molar-refractivity contribution in [1.29, 1.82) is 0 Å². The van der Waals surface area contributed by atoms with Crippen molar-refractivity contribution in [3.05, 3.63) is 33.9 Å². The standard InChI is InChI=1S/C16H21N5O3/c1-10-8-12-18-9-11(14(23)21(12)20-10)13(22)19-16(15(24)17-2)6-4-3-5-7-16/h8-9,20H,3-7H2,1-2H3,(H,17,24)(H,19,22). The zero-order valence-corrected chi connectivity index (χ0v) is 13.8. The Morgan fingerprint density at radius 3 is 2.67 bits per heavy atom. The maximum Gasteiger partial charge on any atom is 0.285 e. The van der Waals surface area contributed by atoms with Crippen LogP contribution in [0.15, 0.2) is 17.1 Å². The summed E-state index contributed by atoms with van der Waals surface area (Å²) in [5, 5.41) is 8.27. The Kier molecular flexibility index (Phi) is 4.13. The van der Waals surface area contributed by atoms with Crippen molar-refractivity contribution in [3.8, 4) is 0 Å². The molecule has 1 fully saturated rings. The fourth-order valence-electron chi connectivity index (χ4n) is 3.32. The number of aryl methyl sites for hydroxylation is 1. The van der Waals surface area contributed by atoms with E-state index in [0.717, 1.165) is 25.0 Å². The summed E-state index contributed by atoms with van der Waals surface area (Å²) in [5.74, 6) is -0.792. The Balaban J connectivity index is 1.94. The smallest absolute Gasteiger partial charge is 0.285 e. The summed E-state index contributed by atoms with van der Waals surface area (Å²) in [6.45, 7) is 1.80. The van der Waals surface area contributed by atoms with Gasteiger partial charge in [-0.25, -0.2) is 9.50 Å². The number of likely N-dealkylation sites (N-methyl/N-ethyl adjacent to an activating group) is 1. The molecule has 2 aromatic rings. The average molecular weight is 331 g/mol. The summed E-state index contributed by atoms with van der Waals surface area (Å²) in [6.07, 6.45) is 5.15. The van der Waals surface area contributed by atoms with Crippen LogP contribution in [0.25, 0.3) is 5.65 Å². The fourth-order valence-corrected chi connectivity index (χ4v) is 3.32. The highest BCUT2D eigenvalue weighted by atomic mass is 16.2. The molecule has 24 heavy (non-hydrogen) atoms. The van der Waals surface area contributed by atoms with Crippen LogP contribution in [0.1, 0.15) is 48.2 Å². The molecule has 1 aliphatic rings. The molecule has 3 rings (SSSR count). The summed E-state index contributed by atoms with van der Waals surface area (Å²) in [6, 6.07) is 1.72. The van der Waals surface area contributed by atoms with Crippen LogP contribution in [0.4, 0.5) is 0 Å². The van der Waals surface area contributed by atoms with Gasteiger partial charge in [0.1, 0.15) is 11.1 Å². The van der Waals surface area contributed by atoms with Gasteiger partial charge in [-0.15, -0.1) is 0 Å². The number of amides is 2. The second-order valence-corrected chi connectivity index (χ2v) is 6.29. The molecule has 1 aliphatic carbocycles. The molecule has 0 aromatic carbocycles. The number of carbonyl (C=O) groups is 2. The van der Waals surface area contributed by atoms with Gasteiger partial charge in [-0.2, -0.15) is 0 Å². The first kappa shape index (κ1) is 16.2. The molecule has 8 nitrogen and oxygen atoms in total. The molecule has 2 amide bonds. The van der Waals surface area contributed by atoms with E-state index in [4.69, 9.17) is 0 Å². The third kappa shape index (κ3) is 2.68. The van der Waals surface area contributed by atoms with Crippen molar-refractivity contribution < 1.29 is 9.59 Å². The summed E-state index contributed by atoms with van der Waals surface area (Å²) >= 11 is 0. The zero-order chi connectivity index (χ0) is 17.3. The number of nitrogens with one attached hydrogen (secondary N) is 3. The normalized spacial score (nSPS) is 16.8. The predicted octanol–water partition coefficient (Wildman–Crippen LogP) is 0.510. The largest absolute Gasteiger partial charge is 0.357 e. The maximum absolute atomic E-state index is 12.7. The van der Waals surface area contributed by atoms with Crippen LogP contribution in [0.5, 0.6) is 0 Å². The summed E-state index contributed by atoms with van der Waals surface area (Å²) < 4.78 is 1.23. The van der Waals surface area contributed by atoms with E-state index in [1.54, 1.807) is 20.0 Å². The predicted molar refractivity (Wildman–Crippen MR) is 87.9 cm³/mol. The van der Waals surface area contributed by atoms with Gasteiger partial charge in [0, 0.05) is 25.0 Å². The van der Waals surface area contributed by atoms with Crippen molar-refractivity contribution in [3.63, 3.8) is 0 Å². The van der Waals surface area contributed by atoms with E-state index in [-0.39, 0.29) is 11.5 Å². The van der Waals surface area contributed by atoms with Gasteiger partial charge >= 0.3 is 0 Å². The van der Waals surface area contributed by atoms with E-state index in [1.807, 2.05) is 0 Å². The van der Waals surface area contributed by atoms with E-state index in [9.17, 15) is 14.4 Å². The SMILES string of the molecule is CNC(=O)C1(NC(=O)c2cnc3cc(C)[nH]n3c2=O)CCCCC1. The third-order valence-electron chi connectivity index (χ3n) is 4.59. The van der Waals surface area contributed by atoms with Gasteiger partial charge in [0.15, 0.2) is 5.65 Å². The second-order valence-electron chi connectivity index (χ2n) is 6.29.